The van der Waals surface area contributed by atoms with Crippen molar-refractivity contribution < 1.29 is 4.79 Å². The number of nitrogens with zero attached hydrogens (tertiary/aromatic N) is 3. The molecule has 2 aliphatic heterocycles. The number of carbonyl (C=O) groups is 1. The first kappa shape index (κ1) is 27.8. The van der Waals surface area contributed by atoms with Crippen molar-refractivity contribution >= 4 is 6.03 Å². The van der Waals surface area contributed by atoms with Crippen LogP contribution in [0.2, 0.25) is 0 Å². The van der Waals surface area contributed by atoms with E-state index in [0.29, 0.717) is 12.0 Å². The van der Waals surface area contributed by atoms with Crippen molar-refractivity contribution in [1.29, 1.82) is 0 Å². The summed E-state index contributed by atoms with van der Waals surface area (Å²) in [6.45, 7) is 5.16. The summed E-state index contributed by atoms with van der Waals surface area (Å²) in [5.41, 5.74) is 4.65. The van der Waals surface area contributed by atoms with Gasteiger partial charge in [0.1, 0.15) is 0 Å². The fraction of sp³-hybridized carbons (Fsp3) is 0.486. The van der Waals surface area contributed by atoms with E-state index in [1.54, 1.807) is 6.07 Å². The maximum absolute atomic E-state index is 14.2. The lowest BCUT2D eigenvalue weighted by Gasteiger charge is -2.49. The average Bonchev–Trinajstić information content (AvgIpc) is 3.47. The molecular weight excluding hydrogens is 508 g/mol. The molecule has 0 radical (unpaired) electrons. The Balaban J connectivity index is 1.20. The summed E-state index contributed by atoms with van der Waals surface area (Å²) in [5.74, 6) is 0.399. The second kappa shape index (κ2) is 11.8. The number of hydrogen-bond acceptors (Lipinski definition) is 3. The molecule has 1 aromatic heterocycles. The van der Waals surface area contributed by atoms with Crippen LogP contribution in [0.5, 0.6) is 0 Å². The van der Waals surface area contributed by atoms with Gasteiger partial charge in [0.05, 0.1) is 6.04 Å². The monoisotopic (exact) mass is 552 g/mol. The highest BCUT2D eigenvalue weighted by Crippen LogP contribution is 2.49. The van der Waals surface area contributed by atoms with Crippen LogP contribution in [0.25, 0.3) is 11.1 Å². The van der Waals surface area contributed by atoms with Gasteiger partial charge in [-0.15, -0.1) is 0 Å². The standard InChI is InChI=1S/C35H44N4O2/c1-26-10-6-7-13-31(26)28-14-19-37(33(40)22-28)24-29-15-20-38(25-35(29)17-8-9-18-35)34(41)39-21-16-30(36-2)23-32(39)27-11-4-3-5-12-27/h3-7,10-14,19,22,29-30,32,36H,8-9,15-18,20-21,23-25H2,1-2H3/t29?,30-,32+/m1/s1. The minimum atomic E-state index is 0.0653. The summed E-state index contributed by atoms with van der Waals surface area (Å²) in [6.07, 6.45) is 9.55. The molecular formula is C35H44N4O2. The molecule has 1 aliphatic carbocycles. The van der Waals surface area contributed by atoms with E-state index in [4.69, 9.17) is 0 Å². The Hall–Kier alpha value is -3.38. The predicted molar refractivity (Wildman–Crippen MR) is 165 cm³/mol. The van der Waals surface area contributed by atoms with Crippen molar-refractivity contribution in [2.24, 2.45) is 11.3 Å². The molecule has 3 heterocycles. The average molecular weight is 553 g/mol. The molecule has 3 aromatic rings. The van der Waals surface area contributed by atoms with Gasteiger partial charge >= 0.3 is 6.03 Å². The molecule has 1 spiro atoms. The number of likely N-dealkylation sites (tertiary alicyclic amines) is 2. The number of aromatic nitrogens is 1. The van der Waals surface area contributed by atoms with Crippen molar-refractivity contribution in [3.63, 3.8) is 0 Å². The molecule has 3 aliphatic rings. The third-order valence-corrected chi connectivity index (χ3v) is 10.3. The van der Waals surface area contributed by atoms with Gasteiger partial charge in [-0.3, -0.25) is 4.79 Å². The minimum absolute atomic E-state index is 0.0653. The van der Waals surface area contributed by atoms with E-state index >= 15 is 0 Å². The molecule has 1 N–H and O–H groups in total. The fourth-order valence-corrected chi connectivity index (χ4v) is 7.89. The third kappa shape index (κ3) is 5.59. The van der Waals surface area contributed by atoms with Crippen molar-refractivity contribution in [2.75, 3.05) is 26.7 Å². The number of nitrogens with one attached hydrogen (secondary N) is 1. The molecule has 2 amide bonds. The molecule has 3 fully saturated rings. The summed E-state index contributed by atoms with van der Waals surface area (Å²) in [7, 11) is 2.03. The van der Waals surface area contributed by atoms with E-state index in [2.05, 4.69) is 64.5 Å². The number of carbonyl (C=O) groups excluding carboxylic acids is 1. The summed E-state index contributed by atoms with van der Waals surface area (Å²) in [5, 5.41) is 3.45. The van der Waals surface area contributed by atoms with Gasteiger partial charge in [0, 0.05) is 44.5 Å². The van der Waals surface area contributed by atoms with Gasteiger partial charge in [-0.2, -0.15) is 0 Å². The fourth-order valence-electron chi connectivity index (χ4n) is 7.89. The lowest BCUT2D eigenvalue weighted by molar-refractivity contribution is 0.0209. The Labute approximate surface area is 244 Å². The van der Waals surface area contributed by atoms with Crippen molar-refractivity contribution in [3.05, 3.63) is 94.4 Å². The number of urea groups is 1. The predicted octanol–water partition coefficient (Wildman–Crippen LogP) is 6.25. The summed E-state index contributed by atoms with van der Waals surface area (Å²) >= 11 is 0. The zero-order valence-corrected chi connectivity index (χ0v) is 24.6. The summed E-state index contributed by atoms with van der Waals surface area (Å²) < 4.78 is 1.91. The van der Waals surface area contributed by atoms with Crippen LogP contribution in [-0.4, -0.2) is 53.1 Å². The third-order valence-electron chi connectivity index (χ3n) is 10.3. The van der Waals surface area contributed by atoms with Gasteiger partial charge in [0.15, 0.2) is 0 Å². The van der Waals surface area contributed by atoms with Gasteiger partial charge in [-0.1, -0.05) is 67.4 Å². The van der Waals surface area contributed by atoms with Gasteiger partial charge in [0.25, 0.3) is 5.56 Å². The molecule has 2 saturated heterocycles. The van der Waals surface area contributed by atoms with E-state index < -0.39 is 0 Å². The molecule has 6 rings (SSSR count). The summed E-state index contributed by atoms with van der Waals surface area (Å²) in [4.78, 5) is 31.8. The smallest absolute Gasteiger partial charge is 0.320 e. The van der Waals surface area contributed by atoms with Crippen LogP contribution in [-0.2, 0) is 6.54 Å². The first-order valence-electron chi connectivity index (χ1n) is 15.5. The number of rotatable bonds is 5. The lowest BCUT2D eigenvalue weighted by atomic mass is 9.69. The van der Waals surface area contributed by atoms with Crippen LogP contribution < -0.4 is 10.9 Å². The van der Waals surface area contributed by atoms with E-state index in [-0.39, 0.29) is 23.0 Å². The number of piperidine rings is 2. The highest BCUT2D eigenvalue weighted by atomic mass is 16.2. The molecule has 0 bridgehead atoms. The second-order valence-corrected chi connectivity index (χ2v) is 12.6. The summed E-state index contributed by atoms with van der Waals surface area (Å²) in [6, 6.07) is 23.3. The Morgan fingerprint density at radius 2 is 1.73 bits per heavy atom. The highest BCUT2D eigenvalue weighted by molar-refractivity contribution is 5.75. The van der Waals surface area contributed by atoms with Crippen LogP contribution in [0.1, 0.15) is 62.1 Å². The molecule has 3 atom stereocenters. The van der Waals surface area contributed by atoms with Crippen LogP contribution in [0.3, 0.4) is 0 Å². The normalized spacial score (nSPS) is 24.1. The molecule has 41 heavy (non-hydrogen) atoms. The van der Waals surface area contributed by atoms with Crippen molar-refractivity contribution in [1.82, 2.24) is 19.7 Å². The zero-order valence-electron chi connectivity index (χ0n) is 24.6. The maximum Gasteiger partial charge on any atom is 0.320 e. The van der Waals surface area contributed by atoms with Crippen LogP contribution in [0, 0.1) is 18.3 Å². The van der Waals surface area contributed by atoms with Crippen LogP contribution >= 0.6 is 0 Å². The van der Waals surface area contributed by atoms with Gasteiger partial charge < -0.3 is 19.7 Å². The van der Waals surface area contributed by atoms with Gasteiger partial charge in [0.2, 0.25) is 0 Å². The Kier molecular flexibility index (Phi) is 8.03. The molecule has 1 saturated carbocycles. The lowest BCUT2D eigenvalue weighted by Crippen LogP contribution is -2.56. The topological polar surface area (TPSA) is 57.6 Å². The first-order chi connectivity index (χ1) is 20.0. The maximum atomic E-state index is 14.2. The number of benzene rings is 2. The number of pyridine rings is 1. The number of aryl methyl sites for hydroxylation is 1. The van der Waals surface area contributed by atoms with Gasteiger partial charge in [-0.25, -0.2) is 4.79 Å². The molecule has 1 unspecified atom stereocenters. The largest absolute Gasteiger partial charge is 0.324 e. The van der Waals surface area contributed by atoms with Crippen molar-refractivity contribution in [3.8, 4) is 11.1 Å². The Morgan fingerprint density at radius 1 is 0.976 bits per heavy atom. The molecule has 216 valence electrons. The molecule has 6 heteroatoms. The zero-order chi connectivity index (χ0) is 28.4. The van der Waals surface area contributed by atoms with E-state index in [9.17, 15) is 9.59 Å². The van der Waals surface area contributed by atoms with E-state index in [1.807, 2.05) is 36.0 Å². The Bertz CT molecular complexity index is 1410. The van der Waals surface area contributed by atoms with E-state index in [1.165, 1.54) is 24.0 Å². The number of amides is 2. The van der Waals surface area contributed by atoms with Crippen molar-refractivity contribution in [2.45, 2.75) is 70.5 Å². The van der Waals surface area contributed by atoms with E-state index in [0.717, 1.165) is 69.4 Å². The highest BCUT2D eigenvalue weighted by Gasteiger charge is 2.47. The van der Waals surface area contributed by atoms with Crippen LogP contribution in [0.4, 0.5) is 4.79 Å². The minimum Gasteiger partial charge on any atom is -0.324 e. The number of hydrogen-bond donors (Lipinski definition) is 1. The quantitative estimate of drug-likeness (QED) is 0.407. The first-order valence-corrected chi connectivity index (χ1v) is 15.5. The Morgan fingerprint density at radius 3 is 2.46 bits per heavy atom. The van der Waals surface area contributed by atoms with Gasteiger partial charge in [-0.05, 0) is 85.7 Å². The second-order valence-electron chi connectivity index (χ2n) is 12.6. The molecule has 6 nitrogen and oxygen atoms in total. The van der Waals surface area contributed by atoms with Crippen LogP contribution in [0.15, 0.2) is 77.7 Å². The molecule has 2 aromatic carbocycles. The SMILES string of the molecule is CN[C@@H]1CCN(C(=O)N2CCC(Cn3ccc(-c4ccccc4C)cc3=O)C3(CCCC3)C2)[C@H](c2ccccc2)C1.